The molecule has 0 saturated carbocycles. The third-order valence-corrected chi connectivity index (χ3v) is 13.5. The van der Waals surface area contributed by atoms with Gasteiger partial charge in [0.15, 0.2) is 0 Å². The van der Waals surface area contributed by atoms with Crippen LogP contribution >= 0.6 is 7.82 Å². The average Bonchev–Trinajstić information content (AvgIpc) is 3.26. The number of nitrogens with one attached hydrogen (secondary N) is 1. The van der Waals surface area contributed by atoms with Crippen LogP contribution < -0.4 is 10.2 Å². The van der Waals surface area contributed by atoms with E-state index in [0.29, 0.717) is 17.4 Å². The summed E-state index contributed by atoms with van der Waals surface area (Å²) >= 11 is 0. The Morgan fingerprint density at radius 2 is 0.862 bits per heavy atom. The zero-order valence-electron chi connectivity index (χ0n) is 43.7. The number of allylic oxidation sites excluding steroid dienone is 5. The van der Waals surface area contributed by atoms with Crippen LogP contribution in [0.3, 0.4) is 0 Å². The molecule has 0 heterocycles. The van der Waals surface area contributed by atoms with Crippen molar-refractivity contribution in [2.24, 2.45) is 0 Å². The minimum Gasteiger partial charge on any atom is -0.756 e. The Hall–Kier alpha value is -1.28. The quantitative estimate of drug-likeness (QED) is 0.0272. The topological polar surface area (TPSA) is 108 Å². The lowest BCUT2D eigenvalue weighted by atomic mass is 10.0. The molecule has 0 aromatic rings. The standard InChI is InChI=1S/C56H109N2O6P/c1-6-8-10-12-14-16-18-20-22-24-25-26-27-28-29-30-31-32-33-34-36-38-40-42-44-46-48-50-56(60)57-54(53-64-65(61,62)63-52-51-58(3,4)5)55(59)49-47-45-43-41-39-37-35-23-21-19-17-15-13-11-9-7-2/h24-25,39,41,47,49,54-55,59H,6-23,26-38,40,42-46,48,50-53H2,1-5H3,(H-,57,60,61,62)/b25-24-,41-39+,49-47+. The molecule has 1 amide bonds. The second-order valence-electron chi connectivity index (χ2n) is 20.3. The van der Waals surface area contributed by atoms with Gasteiger partial charge in [0.05, 0.1) is 39.9 Å². The van der Waals surface area contributed by atoms with Gasteiger partial charge in [0, 0.05) is 6.42 Å². The summed E-state index contributed by atoms with van der Waals surface area (Å²) in [4.78, 5) is 25.4. The van der Waals surface area contributed by atoms with Crippen LogP contribution in [0, 0.1) is 0 Å². The number of carbonyl (C=O) groups excluding carboxylic acids is 1. The van der Waals surface area contributed by atoms with E-state index in [4.69, 9.17) is 9.05 Å². The van der Waals surface area contributed by atoms with Crippen molar-refractivity contribution >= 4 is 13.7 Å². The van der Waals surface area contributed by atoms with Crippen molar-refractivity contribution in [2.75, 3.05) is 40.9 Å². The Bertz CT molecular complexity index is 1150. The summed E-state index contributed by atoms with van der Waals surface area (Å²) in [6.45, 7) is 4.65. The van der Waals surface area contributed by atoms with Crippen molar-refractivity contribution in [3.8, 4) is 0 Å². The second-order valence-corrected chi connectivity index (χ2v) is 21.7. The number of phosphoric ester groups is 1. The molecule has 0 fully saturated rings. The molecule has 3 atom stereocenters. The predicted octanol–water partition coefficient (Wildman–Crippen LogP) is 16.0. The van der Waals surface area contributed by atoms with Gasteiger partial charge in [-0.15, -0.1) is 0 Å². The fourth-order valence-electron chi connectivity index (χ4n) is 8.17. The summed E-state index contributed by atoms with van der Waals surface area (Å²) in [5.74, 6) is -0.204. The van der Waals surface area contributed by atoms with Gasteiger partial charge >= 0.3 is 0 Å². The average molecular weight is 937 g/mol. The van der Waals surface area contributed by atoms with Crippen molar-refractivity contribution in [2.45, 2.75) is 276 Å². The van der Waals surface area contributed by atoms with Gasteiger partial charge in [-0.05, 0) is 57.8 Å². The molecule has 0 rings (SSSR count). The molecule has 0 saturated heterocycles. The number of rotatable bonds is 51. The number of unbranched alkanes of at least 4 members (excludes halogenated alkanes) is 34. The highest BCUT2D eigenvalue weighted by molar-refractivity contribution is 7.45. The third-order valence-electron chi connectivity index (χ3n) is 12.6. The molecule has 0 spiro atoms. The van der Waals surface area contributed by atoms with Crippen molar-refractivity contribution in [1.82, 2.24) is 5.32 Å². The van der Waals surface area contributed by atoms with Crippen molar-refractivity contribution in [3.05, 3.63) is 36.5 Å². The summed E-state index contributed by atoms with van der Waals surface area (Å²) in [5, 5.41) is 13.8. The number of nitrogens with zero attached hydrogens (tertiary/aromatic N) is 1. The monoisotopic (exact) mass is 937 g/mol. The number of phosphoric acid groups is 1. The van der Waals surface area contributed by atoms with Crippen LogP contribution in [0.2, 0.25) is 0 Å². The van der Waals surface area contributed by atoms with E-state index in [-0.39, 0.29) is 12.5 Å². The summed E-state index contributed by atoms with van der Waals surface area (Å²) in [6.07, 6.45) is 60.8. The molecule has 0 bridgehead atoms. The lowest BCUT2D eigenvalue weighted by Crippen LogP contribution is -2.45. The van der Waals surface area contributed by atoms with E-state index in [0.717, 1.165) is 38.5 Å². The number of likely N-dealkylation sites (N-methyl/N-ethyl adjacent to an activating group) is 1. The van der Waals surface area contributed by atoms with Crippen LogP contribution in [0.4, 0.5) is 0 Å². The van der Waals surface area contributed by atoms with Gasteiger partial charge in [0.2, 0.25) is 5.91 Å². The first-order valence-corrected chi connectivity index (χ1v) is 29.3. The lowest BCUT2D eigenvalue weighted by Gasteiger charge is -2.29. The van der Waals surface area contributed by atoms with Crippen LogP contribution in [-0.4, -0.2) is 68.5 Å². The van der Waals surface area contributed by atoms with Gasteiger partial charge in [-0.25, -0.2) is 0 Å². The van der Waals surface area contributed by atoms with Gasteiger partial charge in [-0.1, -0.05) is 237 Å². The van der Waals surface area contributed by atoms with Gasteiger partial charge in [-0.3, -0.25) is 9.36 Å². The number of quaternary nitrogens is 1. The maximum Gasteiger partial charge on any atom is 0.268 e. The molecule has 8 nitrogen and oxygen atoms in total. The molecule has 0 aliphatic rings. The van der Waals surface area contributed by atoms with Crippen LogP contribution in [-0.2, 0) is 18.4 Å². The zero-order chi connectivity index (χ0) is 47.8. The Kier molecular flexibility index (Phi) is 46.8. The van der Waals surface area contributed by atoms with Gasteiger partial charge in [-0.2, -0.15) is 0 Å². The highest BCUT2D eigenvalue weighted by atomic mass is 31.2. The minimum atomic E-state index is -4.60. The molecule has 2 N–H and O–H groups in total. The smallest absolute Gasteiger partial charge is 0.268 e. The van der Waals surface area contributed by atoms with E-state index < -0.39 is 26.6 Å². The Morgan fingerprint density at radius 3 is 1.25 bits per heavy atom. The van der Waals surface area contributed by atoms with E-state index >= 15 is 0 Å². The lowest BCUT2D eigenvalue weighted by molar-refractivity contribution is -0.870. The van der Waals surface area contributed by atoms with Crippen molar-refractivity contribution in [1.29, 1.82) is 0 Å². The normalized spacial score (nSPS) is 14.3. The summed E-state index contributed by atoms with van der Waals surface area (Å²) in [7, 11) is 1.25. The number of amides is 1. The first-order chi connectivity index (χ1) is 31.5. The van der Waals surface area contributed by atoms with E-state index in [2.05, 4.69) is 43.5 Å². The van der Waals surface area contributed by atoms with Gasteiger partial charge < -0.3 is 28.8 Å². The zero-order valence-corrected chi connectivity index (χ0v) is 44.6. The molecule has 0 radical (unpaired) electrons. The van der Waals surface area contributed by atoms with Crippen LogP contribution in [0.25, 0.3) is 0 Å². The first kappa shape index (κ1) is 63.7. The molecule has 3 unspecified atom stereocenters. The first-order valence-electron chi connectivity index (χ1n) is 27.9. The predicted molar refractivity (Wildman–Crippen MR) is 279 cm³/mol. The third kappa shape index (κ3) is 50.4. The van der Waals surface area contributed by atoms with E-state index in [9.17, 15) is 19.4 Å². The van der Waals surface area contributed by atoms with Crippen LogP contribution in [0.1, 0.15) is 264 Å². The molecular weight excluding hydrogens is 828 g/mol. The van der Waals surface area contributed by atoms with Gasteiger partial charge in [0.25, 0.3) is 7.82 Å². The Balaban J connectivity index is 4.18. The molecule has 9 heteroatoms. The minimum absolute atomic E-state index is 0.00529. The SMILES string of the molecule is CCCCCCCCCC/C=C\CCCCCCCCCCCCCCCCCC(=O)NC(COP(=O)([O-])OCC[N+](C)(C)C)C(O)/C=C/CC/C=C/CCCCCCCCCCCC. The Labute approximate surface area is 404 Å². The fourth-order valence-corrected chi connectivity index (χ4v) is 8.89. The maximum absolute atomic E-state index is 12.9. The second kappa shape index (κ2) is 47.8. The molecule has 0 aliphatic carbocycles. The fraction of sp³-hybridized carbons (Fsp3) is 0.875. The molecular formula is C56H109N2O6P. The molecule has 0 aliphatic heterocycles. The van der Waals surface area contributed by atoms with Gasteiger partial charge in [0.1, 0.15) is 13.2 Å². The highest BCUT2D eigenvalue weighted by Gasteiger charge is 2.23. The molecule has 65 heavy (non-hydrogen) atoms. The summed E-state index contributed by atoms with van der Waals surface area (Å²) in [5.41, 5.74) is 0. The van der Waals surface area contributed by atoms with Crippen LogP contribution in [0.15, 0.2) is 36.5 Å². The molecule has 0 aromatic carbocycles. The number of aliphatic hydroxyl groups excluding tert-OH is 1. The van der Waals surface area contributed by atoms with E-state index in [1.807, 2.05) is 27.2 Å². The largest absolute Gasteiger partial charge is 0.756 e. The number of hydrogen-bond acceptors (Lipinski definition) is 6. The van der Waals surface area contributed by atoms with E-state index in [1.165, 1.54) is 205 Å². The highest BCUT2D eigenvalue weighted by Crippen LogP contribution is 2.38. The van der Waals surface area contributed by atoms with Crippen molar-refractivity contribution in [3.63, 3.8) is 0 Å². The molecule has 0 aromatic heterocycles. The number of carbonyl (C=O) groups is 1. The number of aliphatic hydroxyl groups is 1. The Morgan fingerprint density at radius 1 is 0.523 bits per heavy atom. The van der Waals surface area contributed by atoms with Crippen LogP contribution in [0.5, 0.6) is 0 Å². The molecule has 384 valence electrons. The summed E-state index contributed by atoms with van der Waals surface area (Å²) < 4.78 is 23.3. The van der Waals surface area contributed by atoms with Crippen molar-refractivity contribution < 1.29 is 32.9 Å². The van der Waals surface area contributed by atoms with E-state index in [1.54, 1.807) is 6.08 Å². The summed E-state index contributed by atoms with van der Waals surface area (Å²) in [6, 6.07) is -0.901. The number of hydrogen-bond donors (Lipinski definition) is 2. The maximum atomic E-state index is 12.9.